The van der Waals surface area contributed by atoms with Gasteiger partial charge in [-0.15, -0.1) is 0 Å². The van der Waals surface area contributed by atoms with Gasteiger partial charge in [0.1, 0.15) is 0 Å². The van der Waals surface area contributed by atoms with E-state index < -0.39 is 0 Å². The van der Waals surface area contributed by atoms with E-state index in [2.05, 4.69) is 0 Å². The molecule has 0 amide bonds. The standard InChI is InChI=1S/C15H16O3/c1-18-15(17)14-10-11(6-5-9-16)12-7-3-2-4-8-13(12)14/h2-4,7-8,10,16H,5-6,9H2,1H3. The first-order chi connectivity index (χ1) is 8.77. The highest BCUT2D eigenvalue weighted by atomic mass is 16.5. The molecule has 0 saturated carbocycles. The molecule has 0 aromatic heterocycles. The molecule has 0 heterocycles. The van der Waals surface area contributed by atoms with Gasteiger partial charge in [0.05, 0.1) is 12.7 Å². The topological polar surface area (TPSA) is 46.5 Å². The largest absolute Gasteiger partial charge is 0.465 e. The normalized spacial score (nSPS) is 10.6. The van der Waals surface area contributed by atoms with Gasteiger partial charge in [0.2, 0.25) is 0 Å². The lowest BCUT2D eigenvalue weighted by Gasteiger charge is -2.00. The molecule has 0 aliphatic heterocycles. The first-order valence-corrected chi connectivity index (χ1v) is 5.97. The number of aliphatic hydroxyl groups is 1. The summed E-state index contributed by atoms with van der Waals surface area (Å²) in [5.74, 6) is -0.318. The lowest BCUT2D eigenvalue weighted by molar-refractivity contribution is 0.0602. The van der Waals surface area contributed by atoms with Gasteiger partial charge in [-0.25, -0.2) is 4.79 Å². The van der Waals surface area contributed by atoms with Gasteiger partial charge in [-0.1, -0.05) is 30.3 Å². The van der Waals surface area contributed by atoms with Gasteiger partial charge >= 0.3 is 5.97 Å². The molecule has 2 aliphatic carbocycles. The summed E-state index contributed by atoms with van der Waals surface area (Å²) >= 11 is 0. The van der Waals surface area contributed by atoms with Crippen LogP contribution in [0.15, 0.2) is 36.4 Å². The minimum Gasteiger partial charge on any atom is -0.465 e. The van der Waals surface area contributed by atoms with Crippen LogP contribution in [0.5, 0.6) is 0 Å². The predicted molar refractivity (Wildman–Crippen MR) is 69.8 cm³/mol. The number of methoxy groups -OCH3 is 1. The van der Waals surface area contributed by atoms with Gasteiger partial charge in [-0.05, 0) is 35.6 Å². The predicted octanol–water partition coefficient (Wildman–Crippen LogP) is 2.50. The Morgan fingerprint density at radius 1 is 1.22 bits per heavy atom. The first kappa shape index (κ1) is 12.6. The number of hydrogen-bond donors (Lipinski definition) is 1. The summed E-state index contributed by atoms with van der Waals surface area (Å²) in [6.45, 7) is 0.152. The van der Waals surface area contributed by atoms with Crippen LogP contribution in [-0.2, 0) is 11.2 Å². The van der Waals surface area contributed by atoms with E-state index in [1.54, 1.807) is 0 Å². The fraction of sp³-hybridized carbons (Fsp3) is 0.267. The second-order valence-electron chi connectivity index (χ2n) is 4.14. The van der Waals surface area contributed by atoms with E-state index in [1.807, 2.05) is 36.4 Å². The van der Waals surface area contributed by atoms with Gasteiger partial charge < -0.3 is 9.84 Å². The lowest BCUT2D eigenvalue weighted by atomic mass is 10.1. The minimum atomic E-state index is -0.318. The summed E-state index contributed by atoms with van der Waals surface area (Å²) in [6.07, 6.45) is 1.45. The Morgan fingerprint density at radius 2 is 1.94 bits per heavy atom. The van der Waals surface area contributed by atoms with Crippen LogP contribution in [0.3, 0.4) is 0 Å². The number of hydrogen-bond acceptors (Lipinski definition) is 3. The molecular formula is C15H16O3. The molecule has 94 valence electrons. The van der Waals surface area contributed by atoms with Crippen LogP contribution in [0.4, 0.5) is 0 Å². The zero-order valence-corrected chi connectivity index (χ0v) is 10.3. The number of aliphatic hydroxyl groups excluding tert-OH is 1. The highest BCUT2D eigenvalue weighted by molar-refractivity contribution is 6.00. The van der Waals surface area contributed by atoms with E-state index in [4.69, 9.17) is 9.84 Å². The van der Waals surface area contributed by atoms with Crippen LogP contribution >= 0.6 is 0 Å². The zero-order chi connectivity index (χ0) is 13.0. The Bertz CT molecular complexity index is 519. The summed E-state index contributed by atoms with van der Waals surface area (Å²) in [6, 6.07) is 11.6. The van der Waals surface area contributed by atoms with Crippen molar-refractivity contribution in [2.24, 2.45) is 0 Å². The smallest absolute Gasteiger partial charge is 0.338 e. The maximum absolute atomic E-state index is 11.7. The van der Waals surface area contributed by atoms with Crippen LogP contribution in [0, 0.1) is 0 Å². The SMILES string of the molecule is COC(=O)c1cc(CCCO)c2cccccc1-2. The molecule has 0 bridgehead atoms. The number of ether oxygens (including phenoxy) is 1. The number of esters is 1. The fourth-order valence-corrected chi connectivity index (χ4v) is 2.15. The molecule has 2 rings (SSSR count). The second-order valence-corrected chi connectivity index (χ2v) is 4.14. The Labute approximate surface area is 106 Å². The van der Waals surface area contributed by atoms with Gasteiger partial charge in [0.25, 0.3) is 0 Å². The monoisotopic (exact) mass is 244 g/mol. The molecule has 0 aromatic carbocycles. The van der Waals surface area contributed by atoms with Crippen LogP contribution in [0.2, 0.25) is 0 Å². The third kappa shape index (κ3) is 2.36. The van der Waals surface area contributed by atoms with Crippen LogP contribution in [0.1, 0.15) is 22.3 Å². The fourth-order valence-electron chi connectivity index (χ4n) is 2.15. The van der Waals surface area contributed by atoms with Gasteiger partial charge in [-0.2, -0.15) is 0 Å². The molecule has 18 heavy (non-hydrogen) atoms. The van der Waals surface area contributed by atoms with Gasteiger partial charge in [-0.3, -0.25) is 0 Å². The molecule has 3 heteroatoms. The highest BCUT2D eigenvalue weighted by Crippen LogP contribution is 2.32. The van der Waals surface area contributed by atoms with E-state index in [-0.39, 0.29) is 12.6 Å². The van der Waals surface area contributed by atoms with E-state index in [1.165, 1.54) is 7.11 Å². The molecule has 0 fully saturated rings. The van der Waals surface area contributed by atoms with Crippen molar-refractivity contribution in [2.75, 3.05) is 13.7 Å². The summed E-state index contributed by atoms with van der Waals surface area (Å²) < 4.78 is 4.80. The van der Waals surface area contributed by atoms with Gasteiger partial charge in [0, 0.05) is 6.61 Å². The summed E-state index contributed by atoms with van der Waals surface area (Å²) in [5, 5.41) is 8.92. The van der Waals surface area contributed by atoms with Crippen molar-refractivity contribution in [1.29, 1.82) is 0 Å². The van der Waals surface area contributed by atoms with E-state index in [9.17, 15) is 4.79 Å². The molecule has 3 nitrogen and oxygen atoms in total. The van der Waals surface area contributed by atoms with Gasteiger partial charge in [0.15, 0.2) is 0 Å². The number of carbonyl (C=O) groups is 1. The Kier molecular flexibility index (Phi) is 3.95. The van der Waals surface area contributed by atoms with Crippen molar-refractivity contribution in [1.82, 2.24) is 0 Å². The molecule has 1 N–H and O–H groups in total. The summed E-state index contributed by atoms with van der Waals surface area (Å²) in [7, 11) is 1.39. The molecule has 2 aliphatic rings. The summed E-state index contributed by atoms with van der Waals surface area (Å²) in [5.41, 5.74) is 3.63. The first-order valence-electron chi connectivity index (χ1n) is 5.97. The lowest BCUT2D eigenvalue weighted by Crippen LogP contribution is -1.99. The Hall–Kier alpha value is -1.87. The molecule has 0 radical (unpaired) electrons. The van der Waals surface area contributed by atoms with E-state index in [0.29, 0.717) is 12.0 Å². The van der Waals surface area contributed by atoms with Crippen LogP contribution in [-0.4, -0.2) is 24.8 Å². The van der Waals surface area contributed by atoms with Crippen molar-refractivity contribution >= 4 is 5.97 Å². The minimum absolute atomic E-state index is 0.152. The van der Waals surface area contributed by atoms with Crippen molar-refractivity contribution in [3.8, 4) is 11.1 Å². The highest BCUT2D eigenvalue weighted by Gasteiger charge is 2.19. The third-order valence-corrected chi connectivity index (χ3v) is 3.00. The van der Waals surface area contributed by atoms with Crippen molar-refractivity contribution in [3.05, 3.63) is 47.5 Å². The molecule has 0 unspecified atom stereocenters. The quantitative estimate of drug-likeness (QED) is 0.840. The van der Waals surface area contributed by atoms with Crippen molar-refractivity contribution in [3.63, 3.8) is 0 Å². The van der Waals surface area contributed by atoms with E-state index in [0.717, 1.165) is 23.1 Å². The Morgan fingerprint density at radius 3 is 2.61 bits per heavy atom. The maximum atomic E-state index is 11.7. The number of rotatable bonds is 4. The molecule has 0 spiro atoms. The van der Waals surface area contributed by atoms with Crippen molar-refractivity contribution < 1.29 is 14.6 Å². The average Bonchev–Trinajstić information content (AvgIpc) is 2.58. The van der Waals surface area contributed by atoms with Crippen LogP contribution < -0.4 is 0 Å². The third-order valence-electron chi connectivity index (χ3n) is 3.00. The molecule has 0 atom stereocenters. The van der Waals surface area contributed by atoms with Crippen LogP contribution in [0.25, 0.3) is 11.1 Å². The number of aryl methyl sites for hydroxylation is 1. The average molecular weight is 244 g/mol. The molecule has 0 aromatic rings. The molecule has 0 saturated heterocycles. The number of carbonyl (C=O) groups excluding carboxylic acids is 1. The zero-order valence-electron chi connectivity index (χ0n) is 10.3. The van der Waals surface area contributed by atoms with Crippen molar-refractivity contribution in [2.45, 2.75) is 12.8 Å². The second kappa shape index (κ2) is 5.65. The van der Waals surface area contributed by atoms with E-state index >= 15 is 0 Å². The number of fused-ring (bicyclic) bond motifs is 1. The maximum Gasteiger partial charge on any atom is 0.338 e. The Balaban J connectivity index is 2.50. The molecular weight excluding hydrogens is 228 g/mol. The summed E-state index contributed by atoms with van der Waals surface area (Å²) in [4.78, 5) is 11.7.